The fourth-order valence-corrected chi connectivity index (χ4v) is 4.48. The molecule has 214 valence electrons. The van der Waals surface area contributed by atoms with E-state index in [0.717, 1.165) is 11.1 Å². The highest BCUT2D eigenvalue weighted by atomic mass is 19.4. The molecule has 4 rings (SSSR count). The summed E-state index contributed by atoms with van der Waals surface area (Å²) in [5.41, 5.74) is 5.05. The maximum absolute atomic E-state index is 14.6. The van der Waals surface area contributed by atoms with Gasteiger partial charge in [0.25, 0.3) is 0 Å². The zero-order valence-electron chi connectivity index (χ0n) is 23.3. The minimum absolute atomic E-state index is 0.161. The average Bonchev–Trinajstić information content (AvgIpc) is 2.94. The number of ketones is 1. The first kappa shape index (κ1) is 29.9. The number of carbonyl (C=O) groups excluding carboxylic acids is 1. The van der Waals surface area contributed by atoms with Crippen LogP contribution in [0.2, 0.25) is 0 Å². The number of Topliss-reactive ketones (excluding diaryl/α,β-unsaturated/α-hetero) is 1. The SMILES string of the molecule is COc1cc(C(=O)CCC(O)(c2cc(C(C)(C)N)cc(-c3ccc(C)cc3)n2)C(F)(F)F)ccc1-c1ccncc1. The van der Waals surface area contributed by atoms with Gasteiger partial charge in [-0.05, 0) is 74.7 Å². The third-order valence-electron chi connectivity index (χ3n) is 7.04. The molecule has 2 aromatic carbocycles. The van der Waals surface area contributed by atoms with Gasteiger partial charge in [-0.3, -0.25) is 9.78 Å². The van der Waals surface area contributed by atoms with Crippen molar-refractivity contribution in [2.75, 3.05) is 7.11 Å². The number of methoxy groups -OCH3 is 1. The van der Waals surface area contributed by atoms with Crippen molar-refractivity contribution in [3.8, 4) is 28.1 Å². The molecular weight excluding hydrogens is 531 g/mol. The molecule has 2 heterocycles. The number of nitrogens with two attached hydrogens (primary N) is 1. The molecule has 3 N–H and O–H groups in total. The van der Waals surface area contributed by atoms with Gasteiger partial charge in [-0.25, -0.2) is 4.98 Å². The zero-order valence-corrected chi connectivity index (χ0v) is 23.3. The second kappa shape index (κ2) is 11.4. The van der Waals surface area contributed by atoms with Crippen LogP contribution in [0.1, 0.15) is 53.9 Å². The van der Waals surface area contributed by atoms with Crippen LogP contribution < -0.4 is 10.5 Å². The molecule has 0 aliphatic carbocycles. The molecular formula is C32H32F3N3O3. The Balaban J connectivity index is 1.70. The lowest BCUT2D eigenvalue weighted by molar-refractivity contribution is -0.270. The fraction of sp³-hybridized carbons (Fsp3) is 0.281. The van der Waals surface area contributed by atoms with Crippen molar-refractivity contribution < 1.29 is 27.8 Å². The number of aryl methyl sites for hydroxylation is 1. The number of hydrogen-bond donors (Lipinski definition) is 2. The van der Waals surface area contributed by atoms with Crippen molar-refractivity contribution in [1.82, 2.24) is 9.97 Å². The Kier molecular flexibility index (Phi) is 8.33. The molecule has 0 fully saturated rings. The van der Waals surface area contributed by atoms with Crippen LogP contribution in [0.25, 0.3) is 22.4 Å². The Morgan fingerprint density at radius 2 is 1.61 bits per heavy atom. The highest BCUT2D eigenvalue weighted by molar-refractivity contribution is 5.97. The topological polar surface area (TPSA) is 98.3 Å². The van der Waals surface area contributed by atoms with Gasteiger partial charge in [-0.15, -0.1) is 0 Å². The van der Waals surface area contributed by atoms with Crippen LogP contribution in [0.4, 0.5) is 13.2 Å². The van der Waals surface area contributed by atoms with Gasteiger partial charge in [-0.1, -0.05) is 35.9 Å². The quantitative estimate of drug-likeness (QED) is 0.219. The summed E-state index contributed by atoms with van der Waals surface area (Å²) in [4.78, 5) is 21.4. The minimum Gasteiger partial charge on any atom is -0.496 e. The third kappa shape index (κ3) is 6.47. The summed E-state index contributed by atoms with van der Waals surface area (Å²) in [6, 6.07) is 18.1. The summed E-state index contributed by atoms with van der Waals surface area (Å²) in [5.74, 6) is -0.197. The lowest BCUT2D eigenvalue weighted by Crippen LogP contribution is -2.44. The Bertz CT molecular complexity index is 1530. The number of ether oxygens (including phenoxy) is 1. The van der Waals surface area contributed by atoms with Gasteiger partial charge >= 0.3 is 6.18 Å². The number of hydrogen-bond acceptors (Lipinski definition) is 6. The van der Waals surface area contributed by atoms with E-state index in [2.05, 4.69) is 9.97 Å². The van der Waals surface area contributed by atoms with Crippen molar-refractivity contribution in [2.45, 2.75) is 50.9 Å². The fourth-order valence-electron chi connectivity index (χ4n) is 4.48. The Labute approximate surface area is 237 Å². The number of carbonyl (C=O) groups is 1. The number of rotatable bonds is 9. The Hall–Kier alpha value is -4.08. The normalized spacial score (nSPS) is 13.5. The highest BCUT2D eigenvalue weighted by Crippen LogP contribution is 2.43. The number of halogens is 3. The van der Waals surface area contributed by atoms with Crippen LogP contribution in [-0.4, -0.2) is 34.1 Å². The van der Waals surface area contributed by atoms with E-state index >= 15 is 0 Å². The molecule has 0 amide bonds. The Morgan fingerprint density at radius 3 is 2.20 bits per heavy atom. The molecule has 0 saturated carbocycles. The van der Waals surface area contributed by atoms with Crippen LogP contribution in [0.5, 0.6) is 5.75 Å². The predicted molar refractivity (Wildman–Crippen MR) is 151 cm³/mol. The zero-order chi connectivity index (χ0) is 30.0. The standard InChI is InChI=1S/C32H32F3N3O3/c1-20-5-7-22(8-6-20)26-18-24(30(2,3)36)19-29(38-26)31(40,32(33,34)35)14-11-27(39)23-9-10-25(28(17-23)41-4)21-12-15-37-16-13-21/h5-10,12-13,15-19,40H,11,14,36H2,1-4H3. The summed E-state index contributed by atoms with van der Waals surface area (Å²) < 4.78 is 49.1. The van der Waals surface area contributed by atoms with Gasteiger partial charge in [-0.2, -0.15) is 13.2 Å². The van der Waals surface area contributed by atoms with Gasteiger partial charge in [0.05, 0.1) is 18.5 Å². The van der Waals surface area contributed by atoms with Crippen molar-refractivity contribution in [1.29, 1.82) is 0 Å². The van der Waals surface area contributed by atoms with Crippen molar-refractivity contribution in [3.05, 3.63) is 102 Å². The van der Waals surface area contributed by atoms with E-state index in [1.807, 2.05) is 19.1 Å². The number of nitrogens with zero attached hydrogens (tertiary/aromatic N) is 2. The molecule has 6 nitrogen and oxygen atoms in total. The maximum Gasteiger partial charge on any atom is 0.422 e. The highest BCUT2D eigenvalue weighted by Gasteiger charge is 2.56. The van der Waals surface area contributed by atoms with Crippen LogP contribution in [0.3, 0.4) is 0 Å². The van der Waals surface area contributed by atoms with Gasteiger partial charge < -0.3 is 15.6 Å². The molecule has 41 heavy (non-hydrogen) atoms. The lowest BCUT2D eigenvalue weighted by Gasteiger charge is -2.32. The number of aliphatic hydroxyl groups is 1. The maximum atomic E-state index is 14.6. The van der Waals surface area contributed by atoms with E-state index in [-0.39, 0.29) is 11.3 Å². The smallest absolute Gasteiger partial charge is 0.422 e. The minimum atomic E-state index is -5.12. The second-order valence-corrected chi connectivity index (χ2v) is 10.6. The van der Waals surface area contributed by atoms with E-state index in [9.17, 15) is 23.1 Å². The summed E-state index contributed by atoms with van der Waals surface area (Å²) >= 11 is 0. The first-order valence-corrected chi connectivity index (χ1v) is 13.0. The summed E-state index contributed by atoms with van der Waals surface area (Å²) in [5, 5.41) is 11.2. The summed E-state index contributed by atoms with van der Waals surface area (Å²) in [7, 11) is 1.44. The molecule has 0 aliphatic rings. The molecule has 1 atom stereocenters. The van der Waals surface area contributed by atoms with Crippen molar-refractivity contribution >= 4 is 5.78 Å². The summed E-state index contributed by atoms with van der Waals surface area (Å²) in [6.45, 7) is 5.21. The van der Waals surface area contributed by atoms with Gasteiger partial charge in [0.15, 0.2) is 5.78 Å². The number of aromatic nitrogens is 2. The largest absolute Gasteiger partial charge is 0.496 e. The number of pyridine rings is 2. The monoisotopic (exact) mass is 563 g/mol. The lowest BCUT2D eigenvalue weighted by atomic mass is 9.86. The van der Waals surface area contributed by atoms with Crippen LogP contribution in [-0.2, 0) is 11.1 Å². The predicted octanol–water partition coefficient (Wildman–Crippen LogP) is 6.73. The van der Waals surface area contributed by atoms with Crippen molar-refractivity contribution in [2.24, 2.45) is 5.73 Å². The van der Waals surface area contributed by atoms with Gasteiger partial charge in [0, 0.05) is 41.0 Å². The molecule has 9 heteroatoms. The van der Waals surface area contributed by atoms with E-state index in [4.69, 9.17) is 10.5 Å². The van der Waals surface area contributed by atoms with Crippen LogP contribution in [0, 0.1) is 6.92 Å². The van der Waals surface area contributed by atoms with Crippen LogP contribution in [0.15, 0.2) is 79.1 Å². The first-order valence-electron chi connectivity index (χ1n) is 13.0. The van der Waals surface area contributed by atoms with E-state index < -0.39 is 41.6 Å². The molecule has 4 aromatic rings. The van der Waals surface area contributed by atoms with E-state index in [1.54, 1.807) is 62.6 Å². The first-order chi connectivity index (χ1) is 19.2. The molecule has 2 aromatic heterocycles. The van der Waals surface area contributed by atoms with Gasteiger partial charge in [0.2, 0.25) is 5.60 Å². The Morgan fingerprint density at radius 1 is 0.951 bits per heavy atom. The molecule has 0 spiro atoms. The molecule has 0 aliphatic heterocycles. The second-order valence-electron chi connectivity index (χ2n) is 10.6. The van der Waals surface area contributed by atoms with Gasteiger partial charge in [0.1, 0.15) is 5.75 Å². The third-order valence-corrected chi connectivity index (χ3v) is 7.04. The van der Waals surface area contributed by atoms with Crippen LogP contribution >= 0.6 is 0 Å². The molecule has 0 bridgehead atoms. The number of benzene rings is 2. The summed E-state index contributed by atoms with van der Waals surface area (Å²) in [6.07, 6.45) is -3.41. The van der Waals surface area contributed by atoms with E-state index in [0.29, 0.717) is 22.4 Å². The molecule has 1 unspecified atom stereocenters. The molecule has 0 saturated heterocycles. The number of alkyl halides is 3. The average molecular weight is 564 g/mol. The van der Waals surface area contributed by atoms with Crippen molar-refractivity contribution in [3.63, 3.8) is 0 Å². The molecule has 0 radical (unpaired) electrons. The van der Waals surface area contributed by atoms with E-state index in [1.165, 1.54) is 25.3 Å².